The molecule has 0 bridgehead atoms. The molecule has 6 nitrogen and oxygen atoms in total. The largest absolute Gasteiger partial charge is 0.324 e. The Kier molecular flexibility index (Phi) is 5.35. The van der Waals surface area contributed by atoms with Gasteiger partial charge in [0.05, 0.1) is 17.5 Å². The van der Waals surface area contributed by atoms with E-state index in [2.05, 4.69) is 36.8 Å². The maximum Gasteiger partial charge on any atom is 0.234 e. The number of nitrogens with zero attached hydrogens (tertiary/aromatic N) is 4. The second-order valence-corrected chi connectivity index (χ2v) is 6.62. The zero-order chi connectivity index (χ0) is 15.4. The number of hydrogen-bond donors (Lipinski definition) is 1. The highest BCUT2D eigenvalue weighted by Gasteiger charge is 2.12. The van der Waals surface area contributed by atoms with Crippen molar-refractivity contribution >= 4 is 39.3 Å². The van der Waals surface area contributed by atoms with Crippen molar-refractivity contribution in [2.75, 3.05) is 11.1 Å². The molecule has 0 saturated carbocycles. The van der Waals surface area contributed by atoms with Gasteiger partial charge in [-0.3, -0.25) is 4.79 Å². The van der Waals surface area contributed by atoms with Crippen molar-refractivity contribution in [3.05, 3.63) is 28.2 Å². The smallest absolute Gasteiger partial charge is 0.234 e. The third kappa shape index (κ3) is 4.28. The minimum atomic E-state index is -0.0946. The lowest BCUT2D eigenvalue weighted by Gasteiger charge is -2.09. The molecule has 1 amide bonds. The number of thioether (sulfide) groups is 1. The molecule has 1 aromatic carbocycles. The zero-order valence-corrected chi connectivity index (χ0v) is 14.4. The quantitative estimate of drug-likeness (QED) is 0.819. The fourth-order valence-electron chi connectivity index (χ4n) is 1.64. The Morgan fingerprint density at radius 1 is 1.48 bits per heavy atom. The summed E-state index contributed by atoms with van der Waals surface area (Å²) in [4.78, 5) is 12.0. The number of hydrogen-bond acceptors (Lipinski definition) is 5. The predicted molar refractivity (Wildman–Crippen MR) is 86.4 cm³/mol. The molecule has 0 aliphatic heterocycles. The second kappa shape index (κ2) is 7.04. The molecular weight excluding hydrogens is 354 g/mol. The molecule has 2 aromatic rings. The summed E-state index contributed by atoms with van der Waals surface area (Å²) in [6.45, 7) is 5.98. The van der Waals surface area contributed by atoms with Crippen LogP contribution in [0.1, 0.15) is 25.5 Å². The standard InChI is InChI=1S/C13H16BrN5OS/c1-8(2)19-13(16-17-18-19)21-7-12(20)15-11-5-4-9(3)6-10(11)14/h4-6,8H,7H2,1-3H3,(H,15,20). The molecule has 0 unspecified atom stereocenters. The van der Waals surface area contributed by atoms with E-state index in [-0.39, 0.29) is 17.7 Å². The number of aromatic nitrogens is 4. The molecule has 0 radical (unpaired) electrons. The Morgan fingerprint density at radius 3 is 2.90 bits per heavy atom. The van der Waals surface area contributed by atoms with E-state index in [1.807, 2.05) is 39.0 Å². The minimum absolute atomic E-state index is 0.0946. The Hall–Kier alpha value is -1.41. The number of carbonyl (C=O) groups excluding carboxylic acids is 1. The topological polar surface area (TPSA) is 72.7 Å². The van der Waals surface area contributed by atoms with E-state index in [0.29, 0.717) is 5.16 Å². The van der Waals surface area contributed by atoms with Gasteiger partial charge in [-0.05, 0) is 64.8 Å². The zero-order valence-electron chi connectivity index (χ0n) is 12.0. The SMILES string of the molecule is Cc1ccc(NC(=O)CSc2nnnn2C(C)C)c(Br)c1. The Bertz CT molecular complexity index is 643. The van der Waals surface area contributed by atoms with Gasteiger partial charge in [0.15, 0.2) is 0 Å². The van der Waals surface area contributed by atoms with E-state index in [1.54, 1.807) is 4.68 Å². The lowest BCUT2D eigenvalue weighted by Crippen LogP contribution is -2.15. The van der Waals surface area contributed by atoms with Crippen LogP contribution in [0.25, 0.3) is 0 Å². The first-order valence-electron chi connectivity index (χ1n) is 6.44. The number of amides is 1. The van der Waals surface area contributed by atoms with Gasteiger partial charge in [-0.1, -0.05) is 17.8 Å². The highest BCUT2D eigenvalue weighted by Crippen LogP contribution is 2.24. The lowest BCUT2D eigenvalue weighted by molar-refractivity contribution is -0.113. The summed E-state index contributed by atoms with van der Waals surface area (Å²) < 4.78 is 2.56. The number of nitrogens with one attached hydrogen (secondary N) is 1. The summed E-state index contributed by atoms with van der Waals surface area (Å²) >= 11 is 4.76. The Labute approximate surface area is 135 Å². The minimum Gasteiger partial charge on any atom is -0.324 e. The summed E-state index contributed by atoms with van der Waals surface area (Å²) in [6.07, 6.45) is 0. The molecule has 0 spiro atoms. The molecule has 0 atom stereocenters. The number of anilines is 1. The summed E-state index contributed by atoms with van der Waals surface area (Å²) in [6, 6.07) is 5.95. The molecule has 0 fully saturated rings. The van der Waals surface area contributed by atoms with Crippen molar-refractivity contribution in [3.63, 3.8) is 0 Å². The summed E-state index contributed by atoms with van der Waals surface area (Å²) in [7, 11) is 0. The van der Waals surface area contributed by atoms with Crippen LogP contribution in [0, 0.1) is 6.92 Å². The van der Waals surface area contributed by atoms with E-state index in [1.165, 1.54) is 11.8 Å². The van der Waals surface area contributed by atoms with Gasteiger partial charge < -0.3 is 5.32 Å². The monoisotopic (exact) mass is 369 g/mol. The number of tetrazole rings is 1. The Morgan fingerprint density at radius 2 is 2.24 bits per heavy atom. The van der Waals surface area contributed by atoms with E-state index in [9.17, 15) is 4.79 Å². The molecule has 21 heavy (non-hydrogen) atoms. The summed E-state index contributed by atoms with van der Waals surface area (Å²) in [5, 5.41) is 15.0. The molecule has 0 aliphatic rings. The molecule has 1 aromatic heterocycles. The van der Waals surface area contributed by atoms with Crippen molar-refractivity contribution < 1.29 is 4.79 Å². The van der Waals surface area contributed by atoms with E-state index in [0.717, 1.165) is 15.7 Å². The normalized spacial score (nSPS) is 10.9. The fourth-order valence-corrected chi connectivity index (χ4v) is 3.04. The number of rotatable bonds is 5. The van der Waals surface area contributed by atoms with Gasteiger partial charge in [0.1, 0.15) is 0 Å². The van der Waals surface area contributed by atoms with Crippen LogP contribution in [0.2, 0.25) is 0 Å². The first-order valence-corrected chi connectivity index (χ1v) is 8.22. The maximum atomic E-state index is 12.0. The van der Waals surface area contributed by atoms with Crippen molar-refractivity contribution in [2.24, 2.45) is 0 Å². The average molecular weight is 370 g/mol. The first kappa shape index (κ1) is 16.0. The number of aryl methyl sites for hydroxylation is 1. The second-order valence-electron chi connectivity index (χ2n) is 4.82. The fraction of sp³-hybridized carbons (Fsp3) is 0.385. The van der Waals surface area contributed by atoms with Crippen LogP contribution in [-0.4, -0.2) is 31.9 Å². The number of halogens is 1. The van der Waals surface area contributed by atoms with Gasteiger partial charge in [0, 0.05) is 4.47 Å². The maximum absolute atomic E-state index is 12.0. The van der Waals surface area contributed by atoms with Gasteiger partial charge in [0.25, 0.3) is 0 Å². The van der Waals surface area contributed by atoms with Crippen LogP contribution in [0.5, 0.6) is 0 Å². The third-order valence-electron chi connectivity index (χ3n) is 2.68. The van der Waals surface area contributed by atoms with Gasteiger partial charge in [-0.2, -0.15) is 0 Å². The van der Waals surface area contributed by atoms with Crippen LogP contribution in [0.15, 0.2) is 27.8 Å². The van der Waals surface area contributed by atoms with Crippen molar-refractivity contribution in [1.82, 2.24) is 20.2 Å². The van der Waals surface area contributed by atoms with Crippen LogP contribution < -0.4 is 5.32 Å². The molecule has 0 aliphatic carbocycles. The van der Waals surface area contributed by atoms with Gasteiger partial charge in [-0.15, -0.1) is 5.10 Å². The van der Waals surface area contributed by atoms with Crippen molar-refractivity contribution in [3.8, 4) is 0 Å². The molecule has 112 valence electrons. The number of carbonyl (C=O) groups is 1. The highest BCUT2D eigenvalue weighted by molar-refractivity contribution is 9.10. The van der Waals surface area contributed by atoms with Crippen molar-refractivity contribution in [1.29, 1.82) is 0 Å². The number of benzene rings is 1. The lowest BCUT2D eigenvalue weighted by atomic mass is 10.2. The van der Waals surface area contributed by atoms with E-state index >= 15 is 0 Å². The van der Waals surface area contributed by atoms with Crippen LogP contribution in [0.4, 0.5) is 5.69 Å². The third-order valence-corrected chi connectivity index (χ3v) is 4.27. The van der Waals surface area contributed by atoms with Gasteiger partial charge in [-0.25, -0.2) is 4.68 Å². The Balaban J connectivity index is 1.94. The van der Waals surface area contributed by atoms with Crippen LogP contribution in [0.3, 0.4) is 0 Å². The highest BCUT2D eigenvalue weighted by atomic mass is 79.9. The van der Waals surface area contributed by atoms with Crippen LogP contribution in [-0.2, 0) is 4.79 Å². The average Bonchev–Trinajstić information content (AvgIpc) is 2.88. The van der Waals surface area contributed by atoms with Gasteiger partial charge >= 0.3 is 0 Å². The van der Waals surface area contributed by atoms with Gasteiger partial charge in [0.2, 0.25) is 11.1 Å². The predicted octanol–water partition coefficient (Wildman–Crippen LogP) is 3.06. The molecule has 8 heteroatoms. The molecular formula is C13H16BrN5OS. The summed E-state index contributed by atoms with van der Waals surface area (Å²) in [5.41, 5.74) is 1.89. The molecule has 2 rings (SSSR count). The van der Waals surface area contributed by atoms with Crippen LogP contribution >= 0.6 is 27.7 Å². The molecule has 0 saturated heterocycles. The first-order chi connectivity index (χ1) is 9.97. The van der Waals surface area contributed by atoms with E-state index < -0.39 is 0 Å². The van der Waals surface area contributed by atoms with Crippen molar-refractivity contribution in [2.45, 2.75) is 32.0 Å². The molecule has 1 N–H and O–H groups in total. The molecule has 1 heterocycles. The van der Waals surface area contributed by atoms with E-state index in [4.69, 9.17) is 0 Å². The summed E-state index contributed by atoms with van der Waals surface area (Å²) in [5.74, 6) is 0.163.